The molecule has 0 aliphatic rings. The third-order valence-corrected chi connectivity index (χ3v) is 2.62. The molecule has 1 rings (SSSR count). The van der Waals surface area contributed by atoms with E-state index in [4.69, 9.17) is 14.6 Å². The van der Waals surface area contributed by atoms with Crippen LogP contribution in [-0.2, 0) is 9.53 Å². The Bertz CT molecular complexity index is 549. The molecule has 1 amide bonds. The van der Waals surface area contributed by atoms with Crippen LogP contribution in [0.1, 0.15) is 38.9 Å². The van der Waals surface area contributed by atoms with E-state index in [1.165, 1.54) is 19.2 Å². The molecule has 22 heavy (non-hydrogen) atoms. The maximum absolute atomic E-state index is 11.9. The third-order valence-electron chi connectivity index (χ3n) is 2.62. The summed E-state index contributed by atoms with van der Waals surface area (Å²) in [5.74, 6) is -0.691. The molecule has 0 aliphatic carbocycles. The van der Waals surface area contributed by atoms with E-state index in [1.807, 2.05) is 0 Å². The number of aliphatic hydroxyl groups is 1. The second kappa shape index (κ2) is 7.13. The first-order valence-electron chi connectivity index (χ1n) is 6.70. The van der Waals surface area contributed by atoms with E-state index < -0.39 is 30.2 Å². The fraction of sp³-hybridized carbons (Fsp3) is 0.467. The van der Waals surface area contributed by atoms with Crippen molar-refractivity contribution >= 4 is 17.7 Å². The molecular formula is C15H21NO6. The van der Waals surface area contributed by atoms with Gasteiger partial charge in [-0.25, -0.2) is 4.79 Å². The molecule has 0 spiro atoms. The van der Waals surface area contributed by atoms with Crippen molar-refractivity contribution in [1.29, 1.82) is 0 Å². The van der Waals surface area contributed by atoms with E-state index in [1.54, 1.807) is 26.8 Å². The molecule has 7 heteroatoms. The van der Waals surface area contributed by atoms with Gasteiger partial charge in [-0.15, -0.1) is 0 Å². The van der Waals surface area contributed by atoms with Gasteiger partial charge in [0.15, 0.2) is 0 Å². The van der Waals surface area contributed by atoms with Crippen LogP contribution in [0.3, 0.4) is 0 Å². The first kappa shape index (κ1) is 17.8. The number of nitrogens with one attached hydrogen (secondary N) is 1. The van der Waals surface area contributed by atoms with Gasteiger partial charge < -0.3 is 19.7 Å². The predicted molar refractivity (Wildman–Crippen MR) is 80.1 cm³/mol. The lowest BCUT2D eigenvalue weighted by Crippen LogP contribution is -2.27. The van der Waals surface area contributed by atoms with Crippen molar-refractivity contribution in [3.8, 4) is 5.75 Å². The molecule has 0 aromatic heterocycles. The number of aliphatic carboxylic acids is 1. The van der Waals surface area contributed by atoms with E-state index in [-0.39, 0.29) is 11.3 Å². The first-order valence-corrected chi connectivity index (χ1v) is 6.70. The normalized spacial score (nSPS) is 12.4. The summed E-state index contributed by atoms with van der Waals surface area (Å²) in [6, 6.07) is 4.56. The van der Waals surface area contributed by atoms with Crippen LogP contribution in [0.4, 0.5) is 10.5 Å². The van der Waals surface area contributed by atoms with Gasteiger partial charge in [0.25, 0.3) is 0 Å². The number of benzene rings is 1. The van der Waals surface area contributed by atoms with Crippen molar-refractivity contribution in [2.24, 2.45) is 0 Å². The van der Waals surface area contributed by atoms with E-state index in [0.717, 1.165) is 0 Å². The SMILES string of the molecule is COc1ccc(C(O)CC(=O)O)c(NC(=O)OC(C)(C)C)c1. The van der Waals surface area contributed by atoms with Crippen molar-refractivity contribution in [2.45, 2.75) is 38.9 Å². The van der Waals surface area contributed by atoms with E-state index in [2.05, 4.69) is 5.32 Å². The average Bonchev–Trinajstić information content (AvgIpc) is 2.35. The lowest BCUT2D eigenvalue weighted by Gasteiger charge is -2.21. The summed E-state index contributed by atoms with van der Waals surface area (Å²) >= 11 is 0. The Hall–Kier alpha value is -2.28. The number of hydrogen-bond acceptors (Lipinski definition) is 5. The lowest BCUT2D eigenvalue weighted by molar-refractivity contribution is -0.139. The second-order valence-corrected chi connectivity index (χ2v) is 5.69. The van der Waals surface area contributed by atoms with Crippen LogP contribution in [-0.4, -0.2) is 35.0 Å². The Morgan fingerprint density at radius 3 is 2.45 bits per heavy atom. The number of aliphatic hydroxyl groups excluding tert-OH is 1. The molecule has 7 nitrogen and oxygen atoms in total. The van der Waals surface area contributed by atoms with Crippen LogP contribution in [0, 0.1) is 0 Å². The van der Waals surface area contributed by atoms with Crippen molar-refractivity contribution in [1.82, 2.24) is 0 Å². The Labute approximate surface area is 128 Å². The van der Waals surface area contributed by atoms with Gasteiger partial charge in [0, 0.05) is 11.6 Å². The fourth-order valence-electron chi connectivity index (χ4n) is 1.75. The highest BCUT2D eigenvalue weighted by Gasteiger charge is 2.21. The number of carbonyl (C=O) groups is 2. The summed E-state index contributed by atoms with van der Waals surface area (Å²) in [5, 5.41) is 21.2. The number of rotatable bonds is 5. The minimum Gasteiger partial charge on any atom is -0.497 e. The van der Waals surface area contributed by atoms with Gasteiger partial charge in [0.1, 0.15) is 11.4 Å². The molecule has 0 heterocycles. The third kappa shape index (κ3) is 5.61. The Balaban J connectivity index is 3.03. The van der Waals surface area contributed by atoms with E-state index >= 15 is 0 Å². The number of hydrogen-bond donors (Lipinski definition) is 3. The molecule has 0 bridgehead atoms. The maximum Gasteiger partial charge on any atom is 0.412 e. The van der Waals surface area contributed by atoms with Gasteiger partial charge in [-0.1, -0.05) is 6.07 Å². The Kier molecular flexibility index (Phi) is 5.76. The molecule has 1 atom stereocenters. The largest absolute Gasteiger partial charge is 0.497 e. The monoisotopic (exact) mass is 311 g/mol. The number of methoxy groups -OCH3 is 1. The summed E-state index contributed by atoms with van der Waals surface area (Å²) in [6.07, 6.45) is -2.44. The summed E-state index contributed by atoms with van der Waals surface area (Å²) in [7, 11) is 1.46. The van der Waals surface area contributed by atoms with Crippen LogP contribution in [0.5, 0.6) is 5.75 Å². The number of carboxylic acid groups (broad SMARTS) is 1. The molecule has 0 saturated heterocycles. The van der Waals surface area contributed by atoms with Crippen molar-refractivity contribution in [3.63, 3.8) is 0 Å². The molecule has 1 unspecified atom stereocenters. The molecule has 0 aliphatic heterocycles. The summed E-state index contributed by atoms with van der Waals surface area (Å²) in [6.45, 7) is 5.16. The summed E-state index contributed by atoms with van der Waals surface area (Å²) < 4.78 is 10.2. The van der Waals surface area contributed by atoms with Gasteiger partial charge in [-0.3, -0.25) is 10.1 Å². The van der Waals surface area contributed by atoms with Crippen LogP contribution in [0.2, 0.25) is 0 Å². The van der Waals surface area contributed by atoms with Gasteiger partial charge >= 0.3 is 12.1 Å². The second-order valence-electron chi connectivity index (χ2n) is 5.69. The molecule has 0 radical (unpaired) electrons. The average molecular weight is 311 g/mol. The number of amides is 1. The summed E-state index contributed by atoms with van der Waals surface area (Å²) in [4.78, 5) is 22.6. The quantitative estimate of drug-likeness (QED) is 0.772. The van der Waals surface area contributed by atoms with Gasteiger partial charge in [-0.2, -0.15) is 0 Å². The summed E-state index contributed by atoms with van der Waals surface area (Å²) in [5.41, 5.74) is -0.167. The molecular weight excluding hydrogens is 290 g/mol. The highest BCUT2D eigenvalue weighted by molar-refractivity contribution is 5.86. The number of anilines is 1. The molecule has 1 aromatic rings. The van der Waals surface area contributed by atoms with Crippen molar-refractivity contribution in [2.75, 3.05) is 12.4 Å². The minimum absolute atomic E-state index is 0.238. The number of carbonyl (C=O) groups excluding carboxylic acids is 1. The number of carboxylic acids is 1. The van der Waals surface area contributed by atoms with Gasteiger partial charge in [0.2, 0.25) is 0 Å². The van der Waals surface area contributed by atoms with E-state index in [0.29, 0.717) is 5.75 Å². The Morgan fingerprint density at radius 2 is 1.95 bits per heavy atom. The predicted octanol–water partition coefficient (Wildman–Crippen LogP) is 2.55. The zero-order valence-electron chi connectivity index (χ0n) is 13.0. The topological polar surface area (TPSA) is 105 Å². The standard InChI is InChI=1S/C15H21NO6/c1-15(2,3)22-14(20)16-11-7-9(21-4)5-6-10(11)12(17)8-13(18)19/h5-7,12,17H,8H2,1-4H3,(H,16,20)(H,18,19). The van der Waals surface area contributed by atoms with Crippen molar-refractivity contribution in [3.05, 3.63) is 23.8 Å². The van der Waals surface area contributed by atoms with Crippen LogP contribution < -0.4 is 10.1 Å². The van der Waals surface area contributed by atoms with Crippen LogP contribution in [0.25, 0.3) is 0 Å². The van der Waals surface area contributed by atoms with Gasteiger partial charge in [-0.05, 0) is 26.8 Å². The highest BCUT2D eigenvalue weighted by atomic mass is 16.6. The zero-order chi connectivity index (χ0) is 16.9. The molecule has 1 aromatic carbocycles. The molecule has 122 valence electrons. The highest BCUT2D eigenvalue weighted by Crippen LogP contribution is 2.29. The van der Waals surface area contributed by atoms with E-state index in [9.17, 15) is 14.7 Å². The molecule has 3 N–H and O–H groups in total. The first-order chi connectivity index (χ1) is 10.1. The zero-order valence-corrected chi connectivity index (χ0v) is 13.0. The maximum atomic E-state index is 11.9. The Morgan fingerprint density at radius 1 is 1.32 bits per heavy atom. The fourth-order valence-corrected chi connectivity index (χ4v) is 1.75. The number of ether oxygens (including phenoxy) is 2. The molecule has 0 fully saturated rings. The van der Waals surface area contributed by atoms with Crippen LogP contribution >= 0.6 is 0 Å². The smallest absolute Gasteiger partial charge is 0.412 e. The van der Waals surface area contributed by atoms with Gasteiger partial charge in [0.05, 0.1) is 25.3 Å². The minimum atomic E-state index is -1.26. The molecule has 0 saturated carbocycles. The van der Waals surface area contributed by atoms with Crippen LogP contribution in [0.15, 0.2) is 18.2 Å². The lowest BCUT2D eigenvalue weighted by atomic mass is 10.0. The van der Waals surface area contributed by atoms with Crippen molar-refractivity contribution < 1.29 is 29.3 Å².